The lowest BCUT2D eigenvalue weighted by Crippen LogP contribution is -2.08. The Morgan fingerprint density at radius 3 is 2.92 bits per heavy atom. The van der Waals surface area contributed by atoms with Gasteiger partial charge in [-0.25, -0.2) is 0 Å². The van der Waals surface area contributed by atoms with E-state index in [0.717, 1.165) is 11.7 Å². The smallest absolute Gasteiger partial charge is 0.270 e. The van der Waals surface area contributed by atoms with Crippen molar-refractivity contribution < 1.29 is 9.72 Å². The summed E-state index contributed by atoms with van der Waals surface area (Å²) in [6, 6.07) is 9.32. The van der Waals surface area contributed by atoms with E-state index >= 15 is 0 Å². The number of fused-ring (bicyclic) bond motifs is 1. The molecule has 0 saturated carbocycles. The topological polar surface area (TPSA) is 98.0 Å². The molecule has 0 saturated heterocycles. The molecule has 7 nitrogen and oxygen atoms in total. The van der Waals surface area contributed by atoms with Crippen molar-refractivity contribution >= 4 is 57.7 Å². The summed E-state index contributed by atoms with van der Waals surface area (Å²) < 4.78 is 8.20. The number of amides is 1. The molecule has 0 aliphatic rings. The molecule has 0 bridgehead atoms. The molecule has 9 heteroatoms. The number of halogens is 1. The van der Waals surface area contributed by atoms with Gasteiger partial charge in [-0.3, -0.25) is 14.9 Å². The van der Waals surface area contributed by atoms with Crippen molar-refractivity contribution in [2.24, 2.45) is 0 Å². The summed E-state index contributed by atoms with van der Waals surface area (Å²) >= 11 is 7.13. The maximum Gasteiger partial charge on any atom is 0.270 e. The van der Waals surface area contributed by atoms with Crippen molar-refractivity contribution in [1.82, 2.24) is 8.75 Å². The van der Waals surface area contributed by atoms with Crippen LogP contribution < -0.4 is 5.32 Å². The Morgan fingerprint density at radius 2 is 2.12 bits per heavy atom. The molecule has 0 fully saturated rings. The zero-order chi connectivity index (χ0) is 17.1. The second-order valence-corrected chi connectivity index (χ2v) is 5.66. The number of nitrogens with one attached hydrogen (secondary N) is 1. The van der Waals surface area contributed by atoms with Gasteiger partial charge in [-0.2, -0.15) is 8.75 Å². The van der Waals surface area contributed by atoms with E-state index in [-0.39, 0.29) is 5.69 Å². The van der Waals surface area contributed by atoms with Crippen LogP contribution in [-0.4, -0.2) is 19.6 Å². The number of aromatic nitrogens is 2. The molecular weight excluding hydrogens is 352 g/mol. The number of nitro benzene ring substituents is 1. The Balaban J connectivity index is 1.80. The van der Waals surface area contributed by atoms with Gasteiger partial charge in [0.2, 0.25) is 5.91 Å². The second-order valence-electron chi connectivity index (χ2n) is 4.73. The Labute approximate surface area is 145 Å². The summed E-state index contributed by atoms with van der Waals surface area (Å²) in [4.78, 5) is 22.3. The van der Waals surface area contributed by atoms with Crippen molar-refractivity contribution in [3.8, 4) is 0 Å². The fourth-order valence-corrected chi connectivity index (χ4v) is 2.77. The van der Waals surface area contributed by atoms with Crippen molar-refractivity contribution in [1.29, 1.82) is 0 Å². The molecule has 0 radical (unpaired) electrons. The quantitative estimate of drug-likeness (QED) is 0.432. The van der Waals surface area contributed by atoms with E-state index in [2.05, 4.69) is 14.1 Å². The SMILES string of the molecule is O=C(/C=C/c1cccc([N+](=O)[O-])c1)Nc1c(Cl)ccc2nsnc12. The number of nitrogens with zero attached hydrogens (tertiary/aromatic N) is 3. The predicted molar refractivity (Wildman–Crippen MR) is 93.2 cm³/mol. The number of carbonyl (C=O) groups excluding carboxylic acids is 1. The highest BCUT2D eigenvalue weighted by Crippen LogP contribution is 2.29. The van der Waals surface area contributed by atoms with E-state index in [1.165, 1.54) is 24.3 Å². The molecule has 0 atom stereocenters. The van der Waals surface area contributed by atoms with Crippen LogP contribution in [0.1, 0.15) is 5.56 Å². The van der Waals surface area contributed by atoms with Crippen LogP contribution in [0.2, 0.25) is 5.02 Å². The number of non-ortho nitro benzene ring substituents is 1. The summed E-state index contributed by atoms with van der Waals surface area (Å²) in [5, 5.41) is 13.8. The summed E-state index contributed by atoms with van der Waals surface area (Å²) in [5.41, 5.74) is 2.04. The number of anilines is 1. The van der Waals surface area contributed by atoms with Crippen LogP contribution >= 0.6 is 23.3 Å². The van der Waals surface area contributed by atoms with Crippen LogP contribution in [0, 0.1) is 10.1 Å². The highest BCUT2D eigenvalue weighted by molar-refractivity contribution is 7.00. The van der Waals surface area contributed by atoms with Gasteiger partial charge in [-0.15, -0.1) is 0 Å². The Kier molecular flexibility index (Phi) is 4.50. The van der Waals surface area contributed by atoms with E-state index in [4.69, 9.17) is 11.6 Å². The minimum absolute atomic E-state index is 0.0427. The van der Waals surface area contributed by atoms with Gasteiger partial charge in [0, 0.05) is 18.2 Å². The van der Waals surface area contributed by atoms with Crippen LogP contribution in [0.3, 0.4) is 0 Å². The van der Waals surface area contributed by atoms with E-state index in [0.29, 0.717) is 27.3 Å². The fourth-order valence-electron chi connectivity index (χ4n) is 2.02. The largest absolute Gasteiger partial charge is 0.319 e. The first-order chi connectivity index (χ1) is 11.5. The zero-order valence-electron chi connectivity index (χ0n) is 12.0. The maximum atomic E-state index is 12.1. The van der Waals surface area contributed by atoms with Crippen molar-refractivity contribution in [2.45, 2.75) is 0 Å². The minimum atomic E-state index is -0.493. The summed E-state index contributed by atoms with van der Waals surface area (Å²) in [7, 11) is 0. The lowest BCUT2D eigenvalue weighted by atomic mass is 10.2. The Bertz CT molecular complexity index is 970. The molecule has 1 aromatic heterocycles. The number of hydrogen-bond acceptors (Lipinski definition) is 6. The summed E-state index contributed by atoms with van der Waals surface area (Å²) in [6.07, 6.45) is 2.75. The van der Waals surface area contributed by atoms with Gasteiger partial charge in [0.25, 0.3) is 5.69 Å². The number of hydrogen-bond donors (Lipinski definition) is 1. The van der Waals surface area contributed by atoms with Crippen LogP contribution in [-0.2, 0) is 4.79 Å². The molecule has 0 unspecified atom stereocenters. The molecule has 24 heavy (non-hydrogen) atoms. The van der Waals surface area contributed by atoms with Gasteiger partial charge in [0.1, 0.15) is 11.0 Å². The zero-order valence-corrected chi connectivity index (χ0v) is 13.5. The van der Waals surface area contributed by atoms with Crippen LogP contribution in [0.25, 0.3) is 17.1 Å². The van der Waals surface area contributed by atoms with Gasteiger partial charge < -0.3 is 5.32 Å². The van der Waals surface area contributed by atoms with Gasteiger partial charge >= 0.3 is 0 Å². The fraction of sp³-hybridized carbons (Fsp3) is 0. The summed E-state index contributed by atoms with van der Waals surface area (Å²) in [6.45, 7) is 0. The first-order valence-electron chi connectivity index (χ1n) is 6.69. The average molecular weight is 361 g/mol. The molecule has 3 aromatic rings. The van der Waals surface area contributed by atoms with Crippen molar-refractivity contribution in [2.75, 3.05) is 5.32 Å². The Hall–Kier alpha value is -2.84. The second kappa shape index (κ2) is 6.73. The van der Waals surface area contributed by atoms with Gasteiger partial charge in [-0.05, 0) is 23.8 Å². The molecular formula is C15H9ClN4O3S. The van der Waals surface area contributed by atoms with Gasteiger partial charge in [0.05, 0.1) is 27.4 Å². The lowest BCUT2D eigenvalue weighted by Gasteiger charge is -2.05. The molecule has 2 aromatic carbocycles. The monoisotopic (exact) mass is 360 g/mol. The number of rotatable bonds is 4. The third-order valence-electron chi connectivity index (χ3n) is 3.13. The predicted octanol–water partition coefficient (Wildman–Crippen LogP) is 3.90. The number of benzene rings is 2. The molecule has 1 N–H and O–H groups in total. The highest BCUT2D eigenvalue weighted by atomic mass is 35.5. The third kappa shape index (κ3) is 3.39. The molecule has 1 heterocycles. The average Bonchev–Trinajstić information content (AvgIpc) is 3.05. The third-order valence-corrected chi connectivity index (χ3v) is 3.99. The van der Waals surface area contributed by atoms with Crippen LogP contribution in [0.4, 0.5) is 11.4 Å². The van der Waals surface area contributed by atoms with E-state index in [9.17, 15) is 14.9 Å². The summed E-state index contributed by atoms with van der Waals surface area (Å²) in [5.74, 6) is -0.427. The highest BCUT2D eigenvalue weighted by Gasteiger charge is 2.11. The van der Waals surface area contributed by atoms with E-state index < -0.39 is 10.8 Å². The Morgan fingerprint density at radius 1 is 1.29 bits per heavy atom. The minimum Gasteiger partial charge on any atom is -0.319 e. The van der Waals surface area contributed by atoms with Crippen molar-refractivity contribution in [3.05, 3.63) is 63.2 Å². The van der Waals surface area contributed by atoms with Crippen LogP contribution in [0.5, 0.6) is 0 Å². The maximum absolute atomic E-state index is 12.1. The van der Waals surface area contributed by atoms with E-state index in [1.807, 2.05) is 0 Å². The van der Waals surface area contributed by atoms with Crippen molar-refractivity contribution in [3.63, 3.8) is 0 Å². The van der Waals surface area contributed by atoms with Crippen LogP contribution in [0.15, 0.2) is 42.5 Å². The molecule has 0 spiro atoms. The first kappa shape index (κ1) is 16.0. The van der Waals surface area contributed by atoms with Gasteiger partial charge in [-0.1, -0.05) is 23.7 Å². The van der Waals surface area contributed by atoms with E-state index in [1.54, 1.807) is 24.3 Å². The molecule has 1 amide bonds. The number of carbonyl (C=O) groups is 1. The van der Waals surface area contributed by atoms with Gasteiger partial charge in [0.15, 0.2) is 0 Å². The lowest BCUT2D eigenvalue weighted by molar-refractivity contribution is -0.384. The normalized spacial score (nSPS) is 11.0. The number of nitro groups is 1. The molecule has 120 valence electrons. The first-order valence-corrected chi connectivity index (χ1v) is 7.80. The standard InChI is InChI=1S/C15H9ClN4O3S/c16-11-5-6-12-15(19-24-18-12)14(11)17-13(21)7-4-9-2-1-3-10(8-9)20(22)23/h1-8H,(H,17,21)/b7-4+. The molecule has 0 aliphatic carbocycles. The molecule has 3 rings (SSSR count). The molecule has 0 aliphatic heterocycles.